The molecule has 0 bridgehead atoms. The van der Waals surface area contributed by atoms with Crippen LogP contribution < -0.4 is 5.32 Å². The zero-order valence-electron chi connectivity index (χ0n) is 13.4. The maximum Gasteiger partial charge on any atom is 0.187 e. The molecule has 0 fully saturated rings. The molecule has 2 aromatic carbocycles. The molecule has 1 N–H and O–H groups in total. The highest BCUT2D eigenvalue weighted by molar-refractivity contribution is 7.14. The van der Waals surface area contributed by atoms with Crippen molar-refractivity contribution in [3.05, 3.63) is 69.3 Å². The SMILES string of the molecule is Cc1nc(-c2ccc(Nc3nc(-c4ccc(Cl)cc4)cs3)cc2)cs1. The maximum atomic E-state index is 5.94. The summed E-state index contributed by atoms with van der Waals surface area (Å²) in [4.78, 5) is 9.16. The van der Waals surface area contributed by atoms with Crippen molar-refractivity contribution in [3.63, 3.8) is 0 Å². The molecule has 25 heavy (non-hydrogen) atoms. The van der Waals surface area contributed by atoms with Crippen molar-refractivity contribution in [1.82, 2.24) is 9.97 Å². The number of aromatic nitrogens is 2. The highest BCUT2D eigenvalue weighted by Gasteiger charge is 2.06. The molecular weight excluding hydrogens is 370 g/mol. The lowest BCUT2D eigenvalue weighted by Crippen LogP contribution is -1.89. The van der Waals surface area contributed by atoms with Crippen LogP contribution in [-0.2, 0) is 0 Å². The van der Waals surface area contributed by atoms with Crippen molar-refractivity contribution >= 4 is 45.1 Å². The molecule has 0 atom stereocenters. The summed E-state index contributed by atoms with van der Waals surface area (Å²) in [5.41, 5.74) is 5.15. The largest absolute Gasteiger partial charge is 0.332 e. The Morgan fingerprint density at radius 2 is 1.40 bits per heavy atom. The lowest BCUT2D eigenvalue weighted by Gasteiger charge is -2.03. The number of hydrogen-bond donors (Lipinski definition) is 1. The van der Waals surface area contributed by atoms with Crippen molar-refractivity contribution in [2.24, 2.45) is 0 Å². The van der Waals surface area contributed by atoms with Gasteiger partial charge in [-0.2, -0.15) is 0 Å². The topological polar surface area (TPSA) is 37.8 Å². The maximum absolute atomic E-state index is 5.94. The molecular formula is C19H14ClN3S2. The minimum atomic E-state index is 0.729. The van der Waals surface area contributed by atoms with E-state index in [1.54, 1.807) is 22.7 Å². The Bertz CT molecular complexity index is 988. The molecule has 4 rings (SSSR count). The number of nitrogens with zero attached hydrogens (tertiary/aromatic N) is 2. The van der Waals surface area contributed by atoms with Crippen LogP contribution in [0.25, 0.3) is 22.5 Å². The third kappa shape index (κ3) is 3.74. The average Bonchev–Trinajstić information content (AvgIpc) is 3.26. The number of halogens is 1. The molecule has 0 unspecified atom stereocenters. The first-order chi connectivity index (χ1) is 12.2. The first kappa shape index (κ1) is 16.3. The molecule has 0 saturated carbocycles. The fourth-order valence-electron chi connectivity index (χ4n) is 2.43. The molecule has 0 radical (unpaired) electrons. The summed E-state index contributed by atoms with van der Waals surface area (Å²) in [7, 11) is 0. The van der Waals surface area contributed by atoms with Gasteiger partial charge in [-0.15, -0.1) is 22.7 Å². The van der Waals surface area contributed by atoms with E-state index < -0.39 is 0 Å². The number of rotatable bonds is 4. The van der Waals surface area contributed by atoms with Crippen LogP contribution in [0, 0.1) is 6.92 Å². The standard InChI is InChI=1S/C19H14ClN3S2/c1-12-21-17(10-24-12)14-4-8-16(9-5-14)22-19-23-18(11-25-19)13-2-6-15(20)7-3-13/h2-11H,1H3,(H,22,23). The summed E-state index contributed by atoms with van der Waals surface area (Å²) in [5, 5.41) is 10.1. The Labute approximate surface area is 159 Å². The number of thiazole rings is 2. The van der Waals surface area contributed by atoms with Gasteiger partial charge in [0.15, 0.2) is 5.13 Å². The van der Waals surface area contributed by atoms with Gasteiger partial charge in [0.1, 0.15) is 0 Å². The molecule has 0 amide bonds. The summed E-state index contributed by atoms with van der Waals surface area (Å²) >= 11 is 9.18. The lowest BCUT2D eigenvalue weighted by atomic mass is 10.1. The minimum Gasteiger partial charge on any atom is -0.332 e. The summed E-state index contributed by atoms with van der Waals surface area (Å²) < 4.78 is 0. The van der Waals surface area contributed by atoms with Gasteiger partial charge in [-0.3, -0.25) is 0 Å². The smallest absolute Gasteiger partial charge is 0.187 e. The van der Waals surface area contributed by atoms with Gasteiger partial charge in [0.2, 0.25) is 0 Å². The van der Waals surface area contributed by atoms with Crippen LogP contribution in [0.5, 0.6) is 0 Å². The van der Waals surface area contributed by atoms with Crippen molar-refractivity contribution in [2.75, 3.05) is 5.32 Å². The molecule has 2 heterocycles. The summed E-state index contributed by atoms with van der Waals surface area (Å²) in [5.74, 6) is 0. The van der Waals surface area contributed by atoms with Gasteiger partial charge in [0, 0.05) is 32.6 Å². The Morgan fingerprint density at radius 3 is 2.04 bits per heavy atom. The molecule has 0 spiro atoms. The zero-order valence-corrected chi connectivity index (χ0v) is 15.8. The van der Waals surface area contributed by atoms with E-state index in [1.807, 2.05) is 48.7 Å². The van der Waals surface area contributed by atoms with E-state index in [9.17, 15) is 0 Å². The second-order valence-electron chi connectivity index (χ2n) is 5.50. The van der Waals surface area contributed by atoms with Gasteiger partial charge in [-0.05, 0) is 31.2 Å². The molecule has 0 aliphatic heterocycles. The van der Waals surface area contributed by atoms with E-state index in [0.717, 1.165) is 43.4 Å². The van der Waals surface area contributed by atoms with Gasteiger partial charge in [0.25, 0.3) is 0 Å². The van der Waals surface area contributed by atoms with Crippen LogP contribution in [0.4, 0.5) is 10.8 Å². The van der Waals surface area contributed by atoms with E-state index in [0.29, 0.717) is 0 Å². The number of anilines is 2. The average molecular weight is 384 g/mol. The monoisotopic (exact) mass is 383 g/mol. The third-order valence-electron chi connectivity index (χ3n) is 3.70. The molecule has 6 heteroatoms. The number of benzene rings is 2. The van der Waals surface area contributed by atoms with Gasteiger partial charge in [0.05, 0.1) is 16.4 Å². The fourth-order valence-corrected chi connectivity index (χ4v) is 3.92. The van der Waals surface area contributed by atoms with E-state index >= 15 is 0 Å². The van der Waals surface area contributed by atoms with Gasteiger partial charge in [-0.25, -0.2) is 9.97 Å². The third-order valence-corrected chi connectivity index (χ3v) is 5.48. The summed E-state index contributed by atoms with van der Waals surface area (Å²) in [6.07, 6.45) is 0. The van der Waals surface area contributed by atoms with E-state index in [1.165, 1.54) is 0 Å². The number of aryl methyl sites for hydroxylation is 1. The molecule has 2 aromatic heterocycles. The zero-order chi connectivity index (χ0) is 17.2. The van der Waals surface area contributed by atoms with Crippen LogP contribution in [0.2, 0.25) is 5.02 Å². The Morgan fingerprint density at radius 1 is 0.800 bits per heavy atom. The van der Waals surface area contributed by atoms with Gasteiger partial charge >= 0.3 is 0 Å². The van der Waals surface area contributed by atoms with E-state index in [2.05, 4.69) is 32.8 Å². The van der Waals surface area contributed by atoms with Crippen LogP contribution >= 0.6 is 34.3 Å². The highest BCUT2D eigenvalue weighted by atomic mass is 35.5. The number of hydrogen-bond acceptors (Lipinski definition) is 5. The van der Waals surface area contributed by atoms with E-state index in [4.69, 9.17) is 11.6 Å². The van der Waals surface area contributed by atoms with Gasteiger partial charge < -0.3 is 5.32 Å². The van der Waals surface area contributed by atoms with Crippen molar-refractivity contribution in [1.29, 1.82) is 0 Å². The Hall–Kier alpha value is -2.21. The second-order valence-corrected chi connectivity index (χ2v) is 7.86. The first-order valence-corrected chi connectivity index (χ1v) is 9.82. The Balaban J connectivity index is 1.50. The fraction of sp³-hybridized carbons (Fsp3) is 0.0526. The molecule has 4 aromatic rings. The second kappa shape index (κ2) is 6.96. The lowest BCUT2D eigenvalue weighted by molar-refractivity contribution is 1.30. The molecule has 3 nitrogen and oxygen atoms in total. The quantitative estimate of drug-likeness (QED) is 0.429. The molecule has 124 valence electrons. The predicted molar refractivity (Wildman–Crippen MR) is 108 cm³/mol. The first-order valence-electron chi connectivity index (χ1n) is 7.68. The van der Waals surface area contributed by atoms with Crippen molar-refractivity contribution < 1.29 is 0 Å². The van der Waals surface area contributed by atoms with Crippen molar-refractivity contribution in [2.45, 2.75) is 6.92 Å². The van der Waals surface area contributed by atoms with Gasteiger partial charge in [-0.1, -0.05) is 35.9 Å². The van der Waals surface area contributed by atoms with Crippen LogP contribution in [0.15, 0.2) is 59.3 Å². The van der Waals surface area contributed by atoms with E-state index in [-0.39, 0.29) is 0 Å². The predicted octanol–water partition coefficient (Wildman–Crippen LogP) is 6.64. The number of nitrogens with one attached hydrogen (secondary N) is 1. The Kier molecular flexibility index (Phi) is 4.53. The summed E-state index contributed by atoms with van der Waals surface area (Å²) in [6, 6.07) is 16.0. The summed E-state index contributed by atoms with van der Waals surface area (Å²) in [6.45, 7) is 2.02. The normalized spacial score (nSPS) is 10.8. The minimum absolute atomic E-state index is 0.729. The molecule has 0 aliphatic carbocycles. The molecule has 0 saturated heterocycles. The van der Waals surface area contributed by atoms with Crippen LogP contribution in [0.1, 0.15) is 5.01 Å². The molecule has 0 aliphatic rings. The van der Waals surface area contributed by atoms with Crippen molar-refractivity contribution in [3.8, 4) is 22.5 Å². The van der Waals surface area contributed by atoms with Crippen LogP contribution in [0.3, 0.4) is 0 Å². The highest BCUT2D eigenvalue weighted by Crippen LogP contribution is 2.29. The van der Waals surface area contributed by atoms with Crippen LogP contribution in [-0.4, -0.2) is 9.97 Å².